The van der Waals surface area contributed by atoms with Crippen molar-refractivity contribution in [3.63, 3.8) is 0 Å². The number of nitro groups is 1. The highest BCUT2D eigenvalue weighted by Crippen LogP contribution is 2.28. The number of esters is 1. The number of nitrogens with two attached hydrogens (primary N) is 1. The van der Waals surface area contributed by atoms with Crippen molar-refractivity contribution in [2.45, 2.75) is 38.9 Å². The van der Waals surface area contributed by atoms with E-state index in [1.54, 1.807) is 42.5 Å². The summed E-state index contributed by atoms with van der Waals surface area (Å²) in [6, 6.07) is 12.3. The Balaban J connectivity index is 1.48. The van der Waals surface area contributed by atoms with Gasteiger partial charge in [0.25, 0.3) is 0 Å². The van der Waals surface area contributed by atoms with Crippen LogP contribution in [0.15, 0.2) is 60.8 Å². The highest BCUT2D eigenvalue weighted by atomic mass is 16.6. The fourth-order valence-corrected chi connectivity index (χ4v) is 4.12. The molecule has 3 rings (SSSR count). The van der Waals surface area contributed by atoms with Crippen LogP contribution in [-0.2, 0) is 39.4 Å². The van der Waals surface area contributed by atoms with Gasteiger partial charge < -0.3 is 46.0 Å². The molecule has 0 bridgehead atoms. The summed E-state index contributed by atoms with van der Waals surface area (Å²) < 4.78 is 17.5. The highest BCUT2D eigenvalue weighted by Gasteiger charge is 2.18. The number of unbranched alkanes of at least 4 members (excludes halogenated alkanes) is 3. The van der Waals surface area contributed by atoms with Crippen LogP contribution in [0.25, 0.3) is 0 Å². The van der Waals surface area contributed by atoms with E-state index in [1.165, 1.54) is 24.9 Å². The topological polar surface area (TPSA) is 202 Å². The molecule has 15 heteroatoms. The Morgan fingerprint density at radius 3 is 2.43 bits per heavy atom. The van der Waals surface area contributed by atoms with Gasteiger partial charge in [0.1, 0.15) is 30.9 Å². The Bertz CT molecular complexity index is 1500. The van der Waals surface area contributed by atoms with Crippen LogP contribution in [0.2, 0.25) is 0 Å². The van der Waals surface area contributed by atoms with Gasteiger partial charge in [0, 0.05) is 24.4 Å². The quantitative estimate of drug-likeness (QED) is 0.0376. The van der Waals surface area contributed by atoms with E-state index in [1.807, 2.05) is 0 Å². The molecule has 0 atom stereocenters. The second-order valence-electron chi connectivity index (χ2n) is 10.1. The number of benzene rings is 2. The molecule has 0 unspecified atom stereocenters. The van der Waals surface area contributed by atoms with Gasteiger partial charge in [0.05, 0.1) is 26.4 Å². The zero-order valence-corrected chi connectivity index (χ0v) is 25.8. The number of anilines is 2. The van der Waals surface area contributed by atoms with E-state index in [0.29, 0.717) is 41.7 Å². The second-order valence-corrected chi connectivity index (χ2v) is 10.1. The molecule has 0 spiro atoms. The lowest BCUT2D eigenvalue weighted by atomic mass is 10.2. The number of carbonyl (C=O) groups is 3. The highest BCUT2D eigenvalue weighted by molar-refractivity contribution is 5.94. The third kappa shape index (κ3) is 11.9. The molecule has 46 heavy (non-hydrogen) atoms. The summed E-state index contributed by atoms with van der Waals surface area (Å²) in [5.74, 6) is -0.506. The van der Waals surface area contributed by atoms with Crippen molar-refractivity contribution >= 4 is 35.1 Å². The number of imidazole rings is 1. The fraction of sp³-hybridized carbons (Fsp3) is 0.355. The van der Waals surface area contributed by atoms with Crippen molar-refractivity contribution in [2.75, 3.05) is 37.8 Å². The zero-order chi connectivity index (χ0) is 33.3. The first-order valence-electron chi connectivity index (χ1n) is 14.6. The minimum atomic E-state index is -0.588. The van der Waals surface area contributed by atoms with Crippen LogP contribution in [0.1, 0.15) is 36.9 Å². The normalized spacial score (nSPS) is 10.8. The summed E-state index contributed by atoms with van der Waals surface area (Å²) in [7, 11) is 2.77. The summed E-state index contributed by atoms with van der Waals surface area (Å²) in [6.45, 7) is 1.41. The van der Waals surface area contributed by atoms with Crippen LogP contribution < -0.4 is 31.2 Å². The van der Waals surface area contributed by atoms with E-state index in [9.17, 15) is 24.5 Å². The lowest BCUT2D eigenvalue weighted by molar-refractivity contribution is -0.396. The molecule has 0 fully saturated rings. The molecule has 0 radical (unpaired) electrons. The van der Waals surface area contributed by atoms with Gasteiger partial charge in [-0.25, -0.2) is 9.36 Å². The van der Waals surface area contributed by atoms with Gasteiger partial charge in [-0.15, -0.1) is 0 Å². The Labute approximate surface area is 266 Å². The van der Waals surface area contributed by atoms with Crippen LogP contribution in [0.4, 0.5) is 17.3 Å². The predicted molar refractivity (Wildman–Crippen MR) is 170 cm³/mol. The average molecular weight is 638 g/mol. The molecule has 2 amide bonds. The number of nitrogens with one attached hydrogen (secondary N) is 3. The van der Waals surface area contributed by atoms with E-state index < -0.39 is 10.9 Å². The minimum Gasteiger partial charge on any atom is -0.489 e. The van der Waals surface area contributed by atoms with Crippen molar-refractivity contribution in [3.8, 4) is 11.5 Å². The number of aromatic nitrogens is 2. The van der Waals surface area contributed by atoms with Gasteiger partial charge >= 0.3 is 11.9 Å². The molecule has 0 aliphatic carbocycles. The van der Waals surface area contributed by atoms with Crippen molar-refractivity contribution in [3.05, 3.63) is 82.2 Å². The number of amides is 2. The summed E-state index contributed by atoms with van der Waals surface area (Å²) in [6.07, 6.45) is 6.99. The Morgan fingerprint density at radius 1 is 1.00 bits per heavy atom. The number of rotatable bonds is 19. The maximum absolute atomic E-state index is 12.8. The molecule has 1 heterocycles. The van der Waals surface area contributed by atoms with Crippen LogP contribution in [0.3, 0.4) is 0 Å². The second kappa shape index (κ2) is 18.4. The van der Waals surface area contributed by atoms with Gasteiger partial charge in [0.15, 0.2) is 5.69 Å². The first-order chi connectivity index (χ1) is 22.2. The number of carbonyl (C=O) groups excluding carboxylic acids is 3. The predicted octanol–water partition coefficient (Wildman–Crippen LogP) is 3.00. The van der Waals surface area contributed by atoms with Gasteiger partial charge in [-0.05, 0) is 66.3 Å². The molecular weight excluding hydrogens is 598 g/mol. The summed E-state index contributed by atoms with van der Waals surface area (Å²) in [4.78, 5) is 49.8. The van der Waals surface area contributed by atoms with E-state index >= 15 is 0 Å². The van der Waals surface area contributed by atoms with Crippen molar-refractivity contribution in [1.82, 2.24) is 20.2 Å². The van der Waals surface area contributed by atoms with Gasteiger partial charge in [0.2, 0.25) is 11.8 Å². The Hall–Kier alpha value is -5.44. The molecule has 0 aliphatic rings. The standard InChI is InChI=1S/C31H39N7O8/c1-37-24(18-35-31(37)38(42)43)21-46-27-12-7-22(20-45-25-10-8-23(32)9-11-25)17-26(27)36-29(40)19-33-15-5-3-4-6-16-34-28(39)13-14-30(41)44-2/h7-14,17-18,33H,3-6,15-16,19-21,32H2,1-2H3,(H,34,39)(H,36,40)/b14-13-. The molecule has 15 nitrogen and oxygen atoms in total. The minimum absolute atomic E-state index is 0.00633. The molecule has 0 aliphatic heterocycles. The number of hydrogen-bond acceptors (Lipinski definition) is 11. The fourth-order valence-electron chi connectivity index (χ4n) is 4.12. The molecule has 0 saturated carbocycles. The molecule has 5 N–H and O–H groups in total. The lowest BCUT2D eigenvalue weighted by Gasteiger charge is -2.15. The van der Waals surface area contributed by atoms with E-state index in [4.69, 9.17) is 15.2 Å². The number of methoxy groups -OCH3 is 1. The van der Waals surface area contributed by atoms with Gasteiger partial charge in [-0.1, -0.05) is 23.9 Å². The summed E-state index contributed by atoms with van der Waals surface area (Å²) >= 11 is 0. The maximum atomic E-state index is 12.8. The molecule has 1 aromatic heterocycles. The zero-order valence-electron chi connectivity index (χ0n) is 25.8. The molecular formula is C31H39N7O8. The van der Waals surface area contributed by atoms with Gasteiger partial charge in [-0.2, -0.15) is 0 Å². The van der Waals surface area contributed by atoms with Crippen molar-refractivity contribution < 1.29 is 33.5 Å². The molecule has 0 saturated heterocycles. The molecule has 3 aromatic rings. The van der Waals surface area contributed by atoms with Crippen LogP contribution in [0.5, 0.6) is 11.5 Å². The SMILES string of the molecule is COC(=O)/C=C\C(=O)NCCCCCCNCC(=O)Nc1cc(COc2ccc(N)cc2)ccc1OCc1cnc([N+](=O)[O-])n1C. The van der Waals surface area contributed by atoms with E-state index in [-0.39, 0.29) is 37.5 Å². The smallest absolute Gasteiger partial charge is 0.434 e. The van der Waals surface area contributed by atoms with Crippen molar-refractivity contribution in [1.29, 1.82) is 0 Å². The summed E-state index contributed by atoms with van der Waals surface area (Å²) in [5.41, 5.74) is 8.05. The lowest BCUT2D eigenvalue weighted by Crippen LogP contribution is -2.29. The first kappa shape index (κ1) is 35.0. The largest absolute Gasteiger partial charge is 0.489 e. The number of nitrogens with zero attached hydrogens (tertiary/aromatic N) is 3. The number of hydrogen-bond donors (Lipinski definition) is 4. The maximum Gasteiger partial charge on any atom is 0.434 e. The van der Waals surface area contributed by atoms with E-state index in [2.05, 4.69) is 25.7 Å². The molecule has 2 aromatic carbocycles. The third-order valence-corrected chi connectivity index (χ3v) is 6.64. The van der Waals surface area contributed by atoms with Crippen LogP contribution in [-0.4, -0.2) is 59.0 Å². The Kier molecular flexibility index (Phi) is 14.0. The molecule has 246 valence electrons. The third-order valence-electron chi connectivity index (χ3n) is 6.64. The number of nitrogen functional groups attached to an aromatic ring is 1. The van der Waals surface area contributed by atoms with Crippen LogP contribution >= 0.6 is 0 Å². The van der Waals surface area contributed by atoms with E-state index in [0.717, 1.165) is 43.4 Å². The first-order valence-corrected chi connectivity index (χ1v) is 14.6. The number of ether oxygens (including phenoxy) is 3. The summed E-state index contributed by atoms with van der Waals surface area (Å²) in [5, 5.41) is 19.8. The van der Waals surface area contributed by atoms with Crippen molar-refractivity contribution in [2.24, 2.45) is 7.05 Å². The average Bonchev–Trinajstić information content (AvgIpc) is 3.42. The van der Waals surface area contributed by atoms with Gasteiger partial charge in [-0.3, -0.25) is 9.59 Å². The monoisotopic (exact) mass is 637 g/mol. The van der Waals surface area contributed by atoms with Crippen LogP contribution in [0, 0.1) is 10.1 Å². The Morgan fingerprint density at radius 2 is 1.74 bits per heavy atom.